The monoisotopic (exact) mass is 252 g/mol. The summed E-state index contributed by atoms with van der Waals surface area (Å²) in [6, 6.07) is 1.66. The highest BCUT2D eigenvalue weighted by molar-refractivity contribution is 4.82. The molecule has 0 heterocycles. The van der Waals surface area contributed by atoms with E-state index >= 15 is 0 Å². The van der Waals surface area contributed by atoms with Crippen LogP contribution >= 0.6 is 0 Å². The molecule has 2 fully saturated rings. The Kier molecular flexibility index (Phi) is 5.97. The molecule has 0 aromatic heterocycles. The molecule has 0 amide bonds. The van der Waals surface area contributed by atoms with Crippen LogP contribution in [0.4, 0.5) is 0 Å². The van der Waals surface area contributed by atoms with Crippen molar-refractivity contribution in [2.24, 2.45) is 5.92 Å². The van der Waals surface area contributed by atoms with Crippen molar-refractivity contribution in [1.29, 1.82) is 0 Å². The molecule has 2 aliphatic rings. The summed E-state index contributed by atoms with van der Waals surface area (Å²) in [5.74, 6) is 0.996. The van der Waals surface area contributed by atoms with Gasteiger partial charge in [-0.15, -0.1) is 0 Å². The molecular formula is C16H32N2. The first-order chi connectivity index (χ1) is 8.79. The summed E-state index contributed by atoms with van der Waals surface area (Å²) < 4.78 is 0. The maximum Gasteiger partial charge on any atom is 0.00934 e. The van der Waals surface area contributed by atoms with Gasteiger partial charge < -0.3 is 10.2 Å². The van der Waals surface area contributed by atoms with E-state index in [1.165, 1.54) is 64.3 Å². The van der Waals surface area contributed by atoms with Crippen LogP contribution < -0.4 is 5.32 Å². The lowest BCUT2D eigenvalue weighted by atomic mass is 9.86. The van der Waals surface area contributed by atoms with Crippen molar-refractivity contribution < 1.29 is 0 Å². The maximum absolute atomic E-state index is 3.61. The second-order valence-corrected chi connectivity index (χ2v) is 6.51. The maximum atomic E-state index is 3.61. The van der Waals surface area contributed by atoms with Crippen molar-refractivity contribution in [3.05, 3.63) is 0 Å². The van der Waals surface area contributed by atoms with Crippen molar-refractivity contribution in [3.63, 3.8) is 0 Å². The highest BCUT2D eigenvalue weighted by atomic mass is 15.1. The molecule has 0 spiro atoms. The molecule has 18 heavy (non-hydrogen) atoms. The molecule has 0 unspecified atom stereocenters. The van der Waals surface area contributed by atoms with Crippen molar-refractivity contribution >= 4 is 0 Å². The Morgan fingerprint density at radius 1 is 0.944 bits per heavy atom. The Morgan fingerprint density at radius 2 is 1.61 bits per heavy atom. The van der Waals surface area contributed by atoms with E-state index in [4.69, 9.17) is 0 Å². The molecule has 2 aliphatic carbocycles. The Labute approximate surface area is 114 Å². The van der Waals surface area contributed by atoms with E-state index in [2.05, 4.69) is 24.2 Å². The van der Waals surface area contributed by atoms with Crippen molar-refractivity contribution in [2.45, 2.75) is 76.8 Å². The van der Waals surface area contributed by atoms with Crippen LogP contribution in [0.15, 0.2) is 0 Å². The fraction of sp³-hybridized carbons (Fsp3) is 1.00. The van der Waals surface area contributed by atoms with Gasteiger partial charge in [0, 0.05) is 18.6 Å². The van der Waals surface area contributed by atoms with Crippen LogP contribution in [0.25, 0.3) is 0 Å². The summed E-state index contributed by atoms with van der Waals surface area (Å²) in [6.45, 7) is 4.71. The fourth-order valence-electron chi connectivity index (χ4n) is 3.94. The summed E-state index contributed by atoms with van der Waals surface area (Å²) in [5, 5.41) is 3.61. The summed E-state index contributed by atoms with van der Waals surface area (Å²) in [6.07, 6.45) is 13.0. The number of hydrogen-bond acceptors (Lipinski definition) is 2. The van der Waals surface area contributed by atoms with Gasteiger partial charge in [0.05, 0.1) is 0 Å². The number of nitrogens with one attached hydrogen (secondary N) is 1. The Bertz CT molecular complexity index is 215. The van der Waals surface area contributed by atoms with Gasteiger partial charge in [0.2, 0.25) is 0 Å². The van der Waals surface area contributed by atoms with E-state index in [1.807, 2.05) is 0 Å². The van der Waals surface area contributed by atoms with Crippen LogP contribution in [-0.2, 0) is 0 Å². The van der Waals surface area contributed by atoms with E-state index in [0.29, 0.717) is 0 Å². The quantitative estimate of drug-likeness (QED) is 0.806. The fourth-order valence-corrected chi connectivity index (χ4v) is 3.94. The van der Waals surface area contributed by atoms with Crippen molar-refractivity contribution in [3.8, 4) is 0 Å². The Balaban J connectivity index is 1.68. The standard InChI is InChI=1S/C16H32N2/c1-3-17-15-9-11-16(12-10-15)18(2)13-14-7-5-4-6-8-14/h14-17H,3-13H2,1-2H3. The first kappa shape index (κ1) is 14.3. The Hall–Kier alpha value is -0.0800. The zero-order valence-electron chi connectivity index (χ0n) is 12.5. The van der Waals surface area contributed by atoms with E-state index < -0.39 is 0 Å². The van der Waals surface area contributed by atoms with Crippen LogP contribution in [0.3, 0.4) is 0 Å². The predicted molar refractivity (Wildman–Crippen MR) is 78.9 cm³/mol. The number of rotatable bonds is 5. The topological polar surface area (TPSA) is 15.3 Å². The minimum absolute atomic E-state index is 0.800. The molecule has 0 atom stereocenters. The molecular weight excluding hydrogens is 220 g/mol. The molecule has 0 bridgehead atoms. The molecule has 0 aromatic rings. The summed E-state index contributed by atoms with van der Waals surface area (Å²) in [4.78, 5) is 2.68. The second kappa shape index (κ2) is 7.49. The van der Waals surface area contributed by atoms with Crippen molar-refractivity contribution in [2.75, 3.05) is 20.1 Å². The lowest BCUT2D eigenvalue weighted by Crippen LogP contribution is -2.42. The van der Waals surface area contributed by atoms with E-state index in [1.54, 1.807) is 0 Å². The normalized spacial score (nSPS) is 30.8. The van der Waals surface area contributed by atoms with Crippen LogP contribution in [0, 0.1) is 5.92 Å². The molecule has 0 saturated heterocycles. The second-order valence-electron chi connectivity index (χ2n) is 6.51. The zero-order chi connectivity index (χ0) is 12.8. The Morgan fingerprint density at radius 3 is 2.22 bits per heavy atom. The summed E-state index contributed by atoms with van der Waals surface area (Å²) in [5.41, 5.74) is 0. The van der Waals surface area contributed by atoms with Gasteiger partial charge >= 0.3 is 0 Å². The molecule has 0 aromatic carbocycles. The first-order valence-electron chi connectivity index (χ1n) is 8.23. The third-order valence-electron chi connectivity index (χ3n) is 5.08. The summed E-state index contributed by atoms with van der Waals surface area (Å²) in [7, 11) is 2.37. The number of hydrogen-bond donors (Lipinski definition) is 1. The first-order valence-corrected chi connectivity index (χ1v) is 8.23. The average Bonchev–Trinajstić information content (AvgIpc) is 2.41. The zero-order valence-corrected chi connectivity index (χ0v) is 12.5. The largest absolute Gasteiger partial charge is 0.314 e. The molecule has 0 radical (unpaired) electrons. The van der Waals surface area contributed by atoms with E-state index in [-0.39, 0.29) is 0 Å². The van der Waals surface area contributed by atoms with Crippen molar-refractivity contribution in [1.82, 2.24) is 10.2 Å². The molecule has 1 N–H and O–H groups in total. The SMILES string of the molecule is CCNC1CCC(N(C)CC2CCCCC2)CC1. The van der Waals surface area contributed by atoms with Gasteiger partial charge in [-0.25, -0.2) is 0 Å². The minimum atomic E-state index is 0.800. The van der Waals surface area contributed by atoms with E-state index in [0.717, 1.165) is 24.5 Å². The van der Waals surface area contributed by atoms with Crippen LogP contribution in [0.1, 0.15) is 64.7 Å². The van der Waals surface area contributed by atoms with Gasteiger partial charge in [0.15, 0.2) is 0 Å². The molecule has 2 nitrogen and oxygen atoms in total. The molecule has 0 aliphatic heterocycles. The minimum Gasteiger partial charge on any atom is -0.314 e. The molecule has 2 rings (SSSR count). The summed E-state index contributed by atoms with van der Waals surface area (Å²) >= 11 is 0. The molecule has 2 heteroatoms. The molecule has 2 saturated carbocycles. The lowest BCUT2D eigenvalue weighted by molar-refractivity contribution is 0.140. The van der Waals surface area contributed by atoms with Gasteiger partial charge in [-0.05, 0) is 58.0 Å². The smallest absolute Gasteiger partial charge is 0.00934 e. The predicted octanol–water partition coefficient (Wildman–Crippen LogP) is 3.42. The van der Waals surface area contributed by atoms with Gasteiger partial charge in [-0.2, -0.15) is 0 Å². The van der Waals surface area contributed by atoms with Gasteiger partial charge in [0.1, 0.15) is 0 Å². The van der Waals surface area contributed by atoms with Crippen LogP contribution in [0.5, 0.6) is 0 Å². The average molecular weight is 252 g/mol. The lowest BCUT2D eigenvalue weighted by Gasteiger charge is -2.37. The van der Waals surface area contributed by atoms with Crippen LogP contribution in [0.2, 0.25) is 0 Å². The highest BCUT2D eigenvalue weighted by Gasteiger charge is 2.25. The van der Waals surface area contributed by atoms with Gasteiger partial charge in [-0.3, -0.25) is 0 Å². The van der Waals surface area contributed by atoms with Crippen LogP contribution in [-0.4, -0.2) is 37.1 Å². The van der Waals surface area contributed by atoms with Gasteiger partial charge in [0.25, 0.3) is 0 Å². The third-order valence-corrected chi connectivity index (χ3v) is 5.08. The van der Waals surface area contributed by atoms with E-state index in [9.17, 15) is 0 Å². The highest BCUT2D eigenvalue weighted by Crippen LogP contribution is 2.27. The van der Waals surface area contributed by atoms with Gasteiger partial charge in [-0.1, -0.05) is 26.2 Å². The third kappa shape index (κ3) is 4.24. The molecule has 106 valence electrons. The number of nitrogens with zero attached hydrogens (tertiary/aromatic N) is 1.